The van der Waals surface area contributed by atoms with E-state index >= 15 is 0 Å². The van der Waals surface area contributed by atoms with Crippen LogP contribution in [0.15, 0.2) is 36.5 Å². The van der Waals surface area contributed by atoms with Crippen molar-refractivity contribution >= 4 is 43.0 Å². The fourth-order valence-electron chi connectivity index (χ4n) is 6.02. The Kier molecular flexibility index (Phi) is 12.2. The van der Waals surface area contributed by atoms with Crippen molar-refractivity contribution < 1.29 is 40.6 Å². The number of sulfonamides is 2. The molecule has 1 aliphatic heterocycles. The number of ether oxygens (including phenoxy) is 4. The number of carbonyl (C=O) groups is 1. The van der Waals surface area contributed by atoms with Crippen molar-refractivity contribution in [2.24, 2.45) is 0 Å². The van der Waals surface area contributed by atoms with Gasteiger partial charge in [-0.25, -0.2) is 26.5 Å². The van der Waals surface area contributed by atoms with Crippen LogP contribution in [0.3, 0.4) is 0 Å². The van der Waals surface area contributed by atoms with E-state index in [1.165, 1.54) is 25.3 Å². The number of carbonyl (C=O) groups excluding carboxylic acids is 1. The lowest BCUT2D eigenvalue weighted by molar-refractivity contribution is -0.139. The SMILES string of the molecule is COc1c(NC(=O)C2(OC)C(NS(C)(=O)=O)c3cc(C(C)(C)C)cc(Oc4ccnc(OCCN(C)C)n4)c3N2C)cc(C(C)(C)C)cc1NS(C)(=O)=O. The van der Waals surface area contributed by atoms with Crippen LogP contribution in [-0.2, 0) is 40.4 Å². The van der Waals surface area contributed by atoms with E-state index in [2.05, 4.69) is 24.7 Å². The number of likely N-dealkylation sites (N-methyl/N-ethyl adjacent to an activating group) is 2. The Balaban J connectivity index is 1.93. The quantitative estimate of drug-likeness (QED) is 0.211. The number of nitrogens with zero attached hydrogens (tertiary/aromatic N) is 4. The topological polar surface area (TPSA) is 191 Å². The third-order valence-corrected chi connectivity index (χ3v) is 10.0. The summed E-state index contributed by atoms with van der Waals surface area (Å²) in [5, 5.41) is 2.88. The molecule has 0 spiro atoms. The molecular formula is C36H53N7O9S2. The number of amides is 1. The summed E-state index contributed by atoms with van der Waals surface area (Å²) in [7, 11) is 0.312. The maximum Gasteiger partial charge on any atom is 0.319 e. The normalized spacial score (nSPS) is 17.7. The van der Waals surface area contributed by atoms with Gasteiger partial charge in [-0.2, -0.15) is 4.98 Å². The van der Waals surface area contributed by atoms with Crippen LogP contribution in [0.5, 0.6) is 23.4 Å². The van der Waals surface area contributed by atoms with Crippen molar-refractivity contribution in [2.75, 3.05) is 76.0 Å². The molecule has 54 heavy (non-hydrogen) atoms. The number of methoxy groups -OCH3 is 2. The number of hydrogen-bond acceptors (Lipinski definition) is 13. The second-order valence-corrected chi connectivity index (χ2v) is 19.1. The number of anilines is 3. The predicted octanol–water partition coefficient (Wildman–Crippen LogP) is 4.21. The molecule has 2 aromatic carbocycles. The highest BCUT2D eigenvalue weighted by Crippen LogP contribution is 2.53. The van der Waals surface area contributed by atoms with E-state index in [9.17, 15) is 21.6 Å². The zero-order valence-corrected chi connectivity index (χ0v) is 34.9. The lowest BCUT2D eigenvalue weighted by Crippen LogP contribution is -2.61. The molecule has 0 saturated carbocycles. The van der Waals surface area contributed by atoms with Gasteiger partial charge in [-0.3, -0.25) is 9.52 Å². The van der Waals surface area contributed by atoms with E-state index in [0.717, 1.165) is 18.1 Å². The fourth-order valence-corrected chi connectivity index (χ4v) is 7.29. The summed E-state index contributed by atoms with van der Waals surface area (Å²) in [6.45, 7) is 12.7. The van der Waals surface area contributed by atoms with Gasteiger partial charge in [-0.15, -0.1) is 0 Å². The number of fused-ring (bicyclic) bond motifs is 1. The Hall–Kier alpha value is -4.23. The van der Waals surface area contributed by atoms with E-state index in [4.69, 9.17) is 18.9 Å². The second-order valence-electron chi connectivity index (χ2n) is 15.6. The van der Waals surface area contributed by atoms with Gasteiger partial charge in [0, 0.05) is 38.5 Å². The minimum atomic E-state index is -3.99. The van der Waals surface area contributed by atoms with Crippen LogP contribution in [0.1, 0.15) is 64.3 Å². The van der Waals surface area contributed by atoms with Crippen LogP contribution in [0.4, 0.5) is 17.1 Å². The van der Waals surface area contributed by atoms with Crippen molar-refractivity contribution in [3.63, 3.8) is 0 Å². The Bertz CT molecular complexity index is 2100. The van der Waals surface area contributed by atoms with Crippen LogP contribution >= 0.6 is 0 Å². The molecule has 298 valence electrons. The molecule has 0 saturated heterocycles. The molecular weight excluding hydrogens is 739 g/mol. The van der Waals surface area contributed by atoms with Crippen molar-refractivity contribution in [1.82, 2.24) is 19.6 Å². The molecule has 3 N–H and O–H groups in total. The zero-order valence-electron chi connectivity index (χ0n) is 33.2. The molecule has 3 aromatic rings. The van der Waals surface area contributed by atoms with Gasteiger partial charge in [0.1, 0.15) is 12.6 Å². The summed E-state index contributed by atoms with van der Waals surface area (Å²) < 4.78 is 80.0. The molecule has 16 nitrogen and oxygen atoms in total. The van der Waals surface area contributed by atoms with Gasteiger partial charge in [0.15, 0.2) is 11.5 Å². The van der Waals surface area contributed by atoms with Crippen LogP contribution in [0.25, 0.3) is 0 Å². The first-order chi connectivity index (χ1) is 24.8. The average molecular weight is 792 g/mol. The standard InChI is InChI=1S/C36H53N7O9S2/c1-34(2,3)22-18-24-29(27(21-22)52-28-14-15-37-33(39-28)51-17-16-42(7)8)43(9)36(50-11,31(24)41-54(13,47)48)32(44)38-25-19-23(35(4,5)6)20-26(30(25)49-10)40-53(12,45)46/h14-15,18-21,31,40-41H,16-17H2,1-13H3,(H,38,44). The Morgan fingerprint density at radius 2 is 1.56 bits per heavy atom. The first kappa shape index (κ1) is 42.5. The van der Waals surface area contributed by atoms with Gasteiger partial charge in [-0.1, -0.05) is 47.6 Å². The zero-order chi connectivity index (χ0) is 40.6. The Labute approximate surface area is 319 Å². The van der Waals surface area contributed by atoms with Crippen LogP contribution in [-0.4, -0.2) is 104 Å². The third-order valence-electron chi connectivity index (χ3n) is 8.77. The molecule has 1 amide bonds. The fraction of sp³-hybridized carbons (Fsp3) is 0.528. The summed E-state index contributed by atoms with van der Waals surface area (Å²) in [4.78, 5) is 27.0. The van der Waals surface area contributed by atoms with E-state index in [0.29, 0.717) is 30.0 Å². The molecule has 2 atom stereocenters. The molecule has 2 unspecified atom stereocenters. The number of benzene rings is 2. The molecule has 0 bridgehead atoms. The summed E-state index contributed by atoms with van der Waals surface area (Å²) in [6.07, 6.45) is 3.50. The summed E-state index contributed by atoms with van der Waals surface area (Å²) >= 11 is 0. The second kappa shape index (κ2) is 15.5. The highest BCUT2D eigenvalue weighted by Gasteiger charge is 2.59. The average Bonchev–Trinajstić information content (AvgIpc) is 3.25. The van der Waals surface area contributed by atoms with Gasteiger partial charge in [0.05, 0.1) is 36.7 Å². The molecule has 0 fully saturated rings. The van der Waals surface area contributed by atoms with Crippen LogP contribution < -0.4 is 33.9 Å². The molecule has 18 heteroatoms. The molecule has 1 aromatic heterocycles. The smallest absolute Gasteiger partial charge is 0.319 e. The van der Waals surface area contributed by atoms with E-state index < -0.39 is 48.6 Å². The molecule has 0 aliphatic carbocycles. The first-order valence-electron chi connectivity index (χ1n) is 17.1. The maximum atomic E-state index is 14.9. The van der Waals surface area contributed by atoms with Crippen LogP contribution in [0, 0.1) is 0 Å². The van der Waals surface area contributed by atoms with Gasteiger partial charge in [0.25, 0.3) is 5.91 Å². The molecule has 2 heterocycles. The minimum absolute atomic E-state index is 0.0326. The lowest BCUT2D eigenvalue weighted by Gasteiger charge is -2.39. The largest absolute Gasteiger partial charge is 0.492 e. The highest BCUT2D eigenvalue weighted by atomic mass is 32.2. The number of nitrogens with one attached hydrogen (secondary N) is 3. The highest BCUT2D eigenvalue weighted by molar-refractivity contribution is 7.92. The lowest BCUT2D eigenvalue weighted by atomic mass is 9.84. The van der Waals surface area contributed by atoms with Crippen molar-refractivity contribution in [3.8, 4) is 23.4 Å². The summed E-state index contributed by atoms with van der Waals surface area (Å²) in [6, 6.07) is 7.28. The first-order valence-corrected chi connectivity index (χ1v) is 20.8. The number of rotatable bonds is 14. The summed E-state index contributed by atoms with van der Waals surface area (Å²) in [5.41, 5.74) is -0.614. The molecule has 1 aliphatic rings. The van der Waals surface area contributed by atoms with Crippen molar-refractivity contribution in [3.05, 3.63) is 53.2 Å². The van der Waals surface area contributed by atoms with Gasteiger partial charge < -0.3 is 34.1 Å². The maximum absolute atomic E-state index is 14.9. The van der Waals surface area contributed by atoms with E-state index in [1.807, 2.05) is 72.7 Å². The van der Waals surface area contributed by atoms with E-state index in [-0.39, 0.29) is 34.8 Å². The Morgan fingerprint density at radius 3 is 2.09 bits per heavy atom. The van der Waals surface area contributed by atoms with Gasteiger partial charge in [-0.05, 0) is 54.3 Å². The monoisotopic (exact) mass is 791 g/mol. The Morgan fingerprint density at radius 1 is 0.944 bits per heavy atom. The van der Waals surface area contributed by atoms with Gasteiger partial charge >= 0.3 is 6.01 Å². The molecule has 4 rings (SSSR count). The number of hydrogen-bond donors (Lipinski definition) is 3. The number of aromatic nitrogens is 2. The van der Waals surface area contributed by atoms with Crippen molar-refractivity contribution in [1.29, 1.82) is 0 Å². The predicted molar refractivity (Wildman–Crippen MR) is 209 cm³/mol. The van der Waals surface area contributed by atoms with Crippen molar-refractivity contribution in [2.45, 2.75) is 64.1 Å². The molecule has 0 radical (unpaired) electrons. The van der Waals surface area contributed by atoms with E-state index in [1.54, 1.807) is 25.2 Å². The third kappa shape index (κ3) is 9.52. The van der Waals surface area contributed by atoms with Crippen LogP contribution in [0.2, 0.25) is 0 Å². The van der Waals surface area contributed by atoms with Gasteiger partial charge in [0.2, 0.25) is 31.7 Å². The minimum Gasteiger partial charge on any atom is -0.492 e. The summed E-state index contributed by atoms with van der Waals surface area (Å²) in [5.74, 6) is -0.350.